The number of para-hydroxylation sites is 1. The Bertz CT molecular complexity index is 1260. The first-order chi connectivity index (χ1) is 15.9. The van der Waals surface area contributed by atoms with Crippen molar-refractivity contribution < 1.29 is 22.4 Å². The number of nitrogens with one attached hydrogen (secondary N) is 1. The first kappa shape index (κ1) is 23.5. The van der Waals surface area contributed by atoms with E-state index in [-0.39, 0.29) is 28.1 Å². The zero-order valence-electron chi connectivity index (χ0n) is 18.2. The zero-order valence-corrected chi connectivity index (χ0v) is 19.9. The van der Waals surface area contributed by atoms with Gasteiger partial charge in [-0.05, 0) is 37.1 Å². The standard InChI is InChI=1S/C23H25N3O5S2/c1-16(27)23-22(18-8-4-5-9-19(18)31-23)25-20(28)15-32-21-11-10-17(14-24-21)33(29,30)26-12-6-2-3-7-13-26/h4-5,8-11,14H,2-3,6-7,12-13,15H2,1H3,(H,25,28). The summed E-state index contributed by atoms with van der Waals surface area (Å²) in [6.45, 7) is 2.45. The van der Waals surface area contributed by atoms with E-state index in [0.29, 0.717) is 34.8 Å². The van der Waals surface area contributed by atoms with Crippen LogP contribution in [0.3, 0.4) is 0 Å². The predicted molar refractivity (Wildman–Crippen MR) is 127 cm³/mol. The van der Waals surface area contributed by atoms with Gasteiger partial charge in [-0.2, -0.15) is 4.31 Å². The number of amides is 1. The van der Waals surface area contributed by atoms with E-state index < -0.39 is 10.0 Å². The number of hydrogen-bond acceptors (Lipinski definition) is 7. The zero-order chi connectivity index (χ0) is 23.4. The molecule has 0 saturated carbocycles. The molecule has 2 aromatic heterocycles. The Morgan fingerprint density at radius 3 is 2.48 bits per heavy atom. The molecule has 4 rings (SSSR count). The van der Waals surface area contributed by atoms with E-state index in [1.807, 2.05) is 0 Å². The lowest BCUT2D eigenvalue weighted by Crippen LogP contribution is -2.32. The topological polar surface area (TPSA) is 110 Å². The average Bonchev–Trinajstić information content (AvgIpc) is 2.97. The van der Waals surface area contributed by atoms with E-state index in [0.717, 1.165) is 25.7 Å². The van der Waals surface area contributed by atoms with Crippen LogP contribution in [0.4, 0.5) is 5.69 Å². The summed E-state index contributed by atoms with van der Waals surface area (Å²) in [7, 11) is -3.56. The number of aromatic nitrogens is 1. The van der Waals surface area contributed by atoms with Crippen LogP contribution in [0.2, 0.25) is 0 Å². The summed E-state index contributed by atoms with van der Waals surface area (Å²) in [5.41, 5.74) is 0.879. The molecule has 0 bridgehead atoms. The van der Waals surface area contributed by atoms with Gasteiger partial charge >= 0.3 is 0 Å². The number of fused-ring (bicyclic) bond motifs is 1. The Hall–Kier alpha value is -2.69. The number of Topliss-reactive ketones (excluding diaryl/α,β-unsaturated/α-hetero) is 1. The lowest BCUT2D eigenvalue weighted by molar-refractivity contribution is -0.113. The van der Waals surface area contributed by atoms with E-state index >= 15 is 0 Å². The van der Waals surface area contributed by atoms with Gasteiger partial charge in [0.05, 0.1) is 16.5 Å². The van der Waals surface area contributed by atoms with E-state index in [2.05, 4.69) is 10.3 Å². The van der Waals surface area contributed by atoms with Crippen molar-refractivity contribution in [2.45, 2.75) is 42.5 Å². The van der Waals surface area contributed by atoms with Gasteiger partial charge in [-0.15, -0.1) is 0 Å². The lowest BCUT2D eigenvalue weighted by Gasteiger charge is -2.19. The van der Waals surface area contributed by atoms with Gasteiger partial charge in [-0.3, -0.25) is 9.59 Å². The number of rotatable bonds is 7. The summed E-state index contributed by atoms with van der Waals surface area (Å²) in [5, 5.41) is 3.95. The molecule has 1 aliphatic heterocycles. The molecular weight excluding hydrogens is 462 g/mol. The SMILES string of the molecule is CC(=O)c1oc2ccccc2c1NC(=O)CSc1ccc(S(=O)(=O)N2CCCCCC2)cn1. The fourth-order valence-electron chi connectivity index (χ4n) is 3.77. The fourth-order valence-corrected chi connectivity index (χ4v) is 5.87. The molecule has 10 heteroatoms. The third-order valence-corrected chi connectivity index (χ3v) is 8.27. The normalized spacial score (nSPS) is 15.3. The number of hydrogen-bond donors (Lipinski definition) is 1. The fraction of sp³-hybridized carbons (Fsp3) is 0.348. The van der Waals surface area contributed by atoms with E-state index in [9.17, 15) is 18.0 Å². The molecule has 1 aliphatic rings. The summed E-state index contributed by atoms with van der Waals surface area (Å²) in [4.78, 5) is 28.9. The largest absolute Gasteiger partial charge is 0.451 e. The number of carbonyl (C=O) groups is 2. The molecule has 0 unspecified atom stereocenters. The monoisotopic (exact) mass is 487 g/mol. The van der Waals surface area contributed by atoms with Crippen LogP contribution in [0, 0.1) is 0 Å². The molecule has 33 heavy (non-hydrogen) atoms. The number of sulfonamides is 1. The molecule has 1 saturated heterocycles. The van der Waals surface area contributed by atoms with Gasteiger partial charge in [0.2, 0.25) is 15.9 Å². The molecule has 1 fully saturated rings. The molecule has 174 valence electrons. The molecule has 1 N–H and O–H groups in total. The maximum Gasteiger partial charge on any atom is 0.244 e. The van der Waals surface area contributed by atoms with Crippen molar-refractivity contribution in [2.75, 3.05) is 24.2 Å². The van der Waals surface area contributed by atoms with Gasteiger partial charge in [-0.1, -0.05) is 36.7 Å². The minimum atomic E-state index is -3.56. The number of benzene rings is 1. The Balaban J connectivity index is 1.41. The molecule has 3 heterocycles. The number of carbonyl (C=O) groups excluding carboxylic acids is 2. The number of nitrogens with zero attached hydrogens (tertiary/aromatic N) is 2. The Kier molecular flexibility index (Phi) is 7.16. The number of furan rings is 1. The van der Waals surface area contributed by atoms with Crippen molar-refractivity contribution in [1.82, 2.24) is 9.29 Å². The van der Waals surface area contributed by atoms with Crippen LogP contribution in [0.25, 0.3) is 11.0 Å². The molecule has 1 amide bonds. The summed E-state index contributed by atoms with van der Waals surface area (Å²) >= 11 is 1.18. The van der Waals surface area contributed by atoms with Gasteiger partial charge in [0.25, 0.3) is 0 Å². The Morgan fingerprint density at radius 1 is 1.09 bits per heavy atom. The number of thioether (sulfide) groups is 1. The third kappa shape index (κ3) is 5.29. The minimum absolute atomic E-state index is 0.0437. The summed E-state index contributed by atoms with van der Waals surface area (Å²) in [6, 6.07) is 10.2. The molecule has 0 atom stereocenters. The summed E-state index contributed by atoms with van der Waals surface area (Å²) < 4.78 is 32.8. The quantitative estimate of drug-likeness (QED) is 0.390. The maximum absolute atomic E-state index is 12.9. The second-order valence-electron chi connectivity index (χ2n) is 7.85. The van der Waals surface area contributed by atoms with E-state index in [1.165, 1.54) is 35.3 Å². The summed E-state index contributed by atoms with van der Waals surface area (Å²) in [6.07, 6.45) is 5.17. The van der Waals surface area contributed by atoms with E-state index in [4.69, 9.17) is 4.42 Å². The predicted octanol–water partition coefficient (Wildman–Crippen LogP) is 4.33. The van der Waals surface area contributed by atoms with Gasteiger partial charge < -0.3 is 9.73 Å². The summed E-state index contributed by atoms with van der Waals surface area (Å²) in [5.74, 6) is -0.452. The van der Waals surface area contributed by atoms with Crippen LogP contribution in [-0.4, -0.2) is 48.2 Å². The van der Waals surface area contributed by atoms with Crippen LogP contribution in [-0.2, 0) is 14.8 Å². The smallest absolute Gasteiger partial charge is 0.244 e. The second kappa shape index (κ2) is 10.1. The molecule has 0 radical (unpaired) electrons. The average molecular weight is 488 g/mol. The number of pyridine rings is 1. The molecule has 1 aromatic carbocycles. The van der Waals surface area contributed by atoms with Crippen LogP contribution in [0.15, 0.2) is 56.9 Å². The number of anilines is 1. The lowest BCUT2D eigenvalue weighted by atomic mass is 10.2. The van der Waals surface area contributed by atoms with Crippen molar-refractivity contribution in [1.29, 1.82) is 0 Å². The van der Waals surface area contributed by atoms with Gasteiger partial charge in [0.1, 0.15) is 10.5 Å². The molecular formula is C23H25N3O5S2. The first-order valence-corrected chi connectivity index (χ1v) is 13.2. The highest BCUT2D eigenvalue weighted by atomic mass is 32.2. The van der Waals surface area contributed by atoms with Crippen molar-refractivity contribution >= 4 is 50.1 Å². The van der Waals surface area contributed by atoms with E-state index in [1.54, 1.807) is 30.3 Å². The van der Waals surface area contributed by atoms with Gasteiger partial charge in [0, 0.05) is 31.6 Å². The highest BCUT2D eigenvalue weighted by molar-refractivity contribution is 7.99. The molecule has 3 aromatic rings. The highest BCUT2D eigenvalue weighted by Crippen LogP contribution is 2.31. The van der Waals surface area contributed by atoms with Crippen molar-refractivity contribution in [3.8, 4) is 0 Å². The third-order valence-electron chi connectivity index (χ3n) is 5.44. The molecule has 0 aliphatic carbocycles. The second-order valence-corrected chi connectivity index (χ2v) is 10.8. The van der Waals surface area contributed by atoms with Crippen LogP contribution >= 0.6 is 11.8 Å². The van der Waals surface area contributed by atoms with Crippen LogP contribution < -0.4 is 5.32 Å². The highest BCUT2D eigenvalue weighted by Gasteiger charge is 2.25. The van der Waals surface area contributed by atoms with Crippen molar-refractivity contribution in [2.24, 2.45) is 0 Å². The first-order valence-electron chi connectivity index (χ1n) is 10.8. The maximum atomic E-state index is 12.9. The Morgan fingerprint density at radius 2 is 1.82 bits per heavy atom. The molecule has 0 spiro atoms. The molecule has 8 nitrogen and oxygen atoms in total. The van der Waals surface area contributed by atoms with Crippen LogP contribution in [0.5, 0.6) is 0 Å². The van der Waals surface area contributed by atoms with Gasteiger partial charge in [0.15, 0.2) is 11.5 Å². The van der Waals surface area contributed by atoms with Gasteiger partial charge in [-0.25, -0.2) is 13.4 Å². The van der Waals surface area contributed by atoms with Crippen molar-refractivity contribution in [3.63, 3.8) is 0 Å². The number of ketones is 1. The van der Waals surface area contributed by atoms with Crippen molar-refractivity contribution in [3.05, 3.63) is 48.4 Å². The van der Waals surface area contributed by atoms with Crippen LogP contribution in [0.1, 0.15) is 43.2 Å². The Labute approximate surface area is 196 Å². The minimum Gasteiger partial charge on any atom is -0.451 e.